The SMILES string of the molecule is O=C(O)CCc1cc2c(-c3ccccc3C(=O)C(O)c3ccccc3)c3ccc4cc(O)c(Cl)cc4c3oc-2cc1=O. The summed E-state index contributed by atoms with van der Waals surface area (Å²) in [6, 6.07) is 25.1. The van der Waals surface area contributed by atoms with Gasteiger partial charge in [0.1, 0.15) is 23.2 Å². The molecular formula is C34H23ClO7. The molecule has 8 heteroatoms. The van der Waals surface area contributed by atoms with E-state index in [1.165, 1.54) is 12.1 Å². The predicted molar refractivity (Wildman–Crippen MR) is 160 cm³/mol. The molecule has 42 heavy (non-hydrogen) atoms. The number of phenolic OH excluding ortho intramolecular Hbond substituents is 1. The second-order valence-electron chi connectivity index (χ2n) is 10.0. The quantitative estimate of drug-likeness (QED) is 0.106. The molecule has 4 aromatic rings. The first kappa shape index (κ1) is 27.2. The number of benzene rings is 5. The van der Waals surface area contributed by atoms with E-state index in [-0.39, 0.29) is 40.4 Å². The van der Waals surface area contributed by atoms with Crippen LogP contribution in [0.1, 0.15) is 34.0 Å². The van der Waals surface area contributed by atoms with Crippen LogP contribution >= 0.6 is 11.6 Å². The summed E-state index contributed by atoms with van der Waals surface area (Å²) in [4.78, 5) is 38.1. The summed E-state index contributed by atoms with van der Waals surface area (Å²) in [5.74, 6) is -1.42. The average Bonchev–Trinajstić information content (AvgIpc) is 2.99. The number of Topliss-reactive ketones (excluding diaryl/α,β-unsaturated/α-hetero) is 1. The van der Waals surface area contributed by atoms with Crippen molar-refractivity contribution >= 4 is 45.1 Å². The van der Waals surface area contributed by atoms with Crippen molar-refractivity contribution < 1.29 is 29.3 Å². The van der Waals surface area contributed by atoms with Gasteiger partial charge in [-0.1, -0.05) is 72.3 Å². The fourth-order valence-corrected chi connectivity index (χ4v) is 5.49. The third kappa shape index (κ3) is 4.79. The summed E-state index contributed by atoms with van der Waals surface area (Å²) >= 11 is 6.27. The molecule has 3 N–H and O–H groups in total. The molecule has 0 amide bonds. The molecule has 2 aliphatic rings. The van der Waals surface area contributed by atoms with Crippen molar-refractivity contribution in [1.29, 1.82) is 0 Å². The number of carbonyl (C=O) groups excluding carboxylic acids is 1. The third-order valence-electron chi connectivity index (χ3n) is 7.38. The van der Waals surface area contributed by atoms with Crippen LogP contribution < -0.4 is 5.43 Å². The van der Waals surface area contributed by atoms with E-state index in [0.717, 1.165) is 0 Å². The Hall–Kier alpha value is -4.98. The van der Waals surface area contributed by atoms with E-state index in [0.29, 0.717) is 49.6 Å². The van der Waals surface area contributed by atoms with Gasteiger partial charge in [-0.05, 0) is 47.2 Å². The van der Waals surface area contributed by atoms with Crippen LogP contribution in [0.5, 0.6) is 5.75 Å². The van der Waals surface area contributed by atoms with Gasteiger partial charge in [0, 0.05) is 45.5 Å². The van der Waals surface area contributed by atoms with Gasteiger partial charge in [0.15, 0.2) is 11.2 Å². The summed E-state index contributed by atoms with van der Waals surface area (Å²) in [5, 5.41) is 32.4. The zero-order chi connectivity index (χ0) is 29.5. The Morgan fingerprint density at radius 2 is 1.60 bits per heavy atom. The van der Waals surface area contributed by atoms with Crippen molar-refractivity contribution in [3.05, 3.63) is 123 Å². The number of ketones is 1. The van der Waals surface area contributed by atoms with Gasteiger partial charge in [-0.2, -0.15) is 0 Å². The molecular weight excluding hydrogens is 556 g/mol. The van der Waals surface area contributed by atoms with Crippen LogP contribution in [0.3, 0.4) is 0 Å². The maximum Gasteiger partial charge on any atom is 0.303 e. The van der Waals surface area contributed by atoms with Crippen molar-refractivity contribution in [1.82, 2.24) is 0 Å². The highest BCUT2D eigenvalue weighted by Crippen LogP contribution is 2.45. The van der Waals surface area contributed by atoms with Crippen LogP contribution in [0, 0.1) is 0 Å². The van der Waals surface area contributed by atoms with Crippen molar-refractivity contribution in [2.24, 2.45) is 0 Å². The molecule has 1 aliphatic carbocycles. The number of carboxylic acid groups (broad SMARTS) is 1. The van der Waals surface area contributed by atoms with Gasteiger partial charge in [0.05, 0.1) is 5.02 Å². The standard InChI is InChI=1S/C34H23ClO7/c35-26-16-24-19(15-28(26)37)10-12-23-31(25-14-20(11-13-30(38)39)27(36)17-29(25)42-34(23)24)21-8-4-5-9-22(21)33(41)32(40)18-6-2-1-3-7-18/h1-10,12,14-17,32,37,40H,11,13H2,(H,38,39). The van der Waals surface area contributed by atoms with Gasteiger partial charge >= 0.3 is 5.97 Å². The van der Waals surface area contributed by atoms with Crippen molar-refractivity contribution in [3.8, 4) is 28.2 Å². The van der Waals surface area contributed by atoms with Gasteiger partial charge in [0.2, 0.25) is 0 Å². The van der Waals surface area contributed by atoms with Crippen LogP contribution in [0.15, 0.2) is 100 Å². The molecule has 0 aromatic heterocycles. The van der Waals surface area contributed by atoms with Gasteiger partial charge in [-0.3, -0.25) is 14.4 Å². The van der Waals surface area contributed by atoms with Crippen molar-refractivity contribution in [2.45, 2.75) is 18.9 Å². The number of rotatable bonds is 7. The van der Waals surface area contributed by atoms with Gasteiger partial charge in [-0.25, -0.2) is 0 Å². The minimum absolute atomic E-state index is 0.0154. The first-order valence-electron chi connectivity index (χ1n) is 13.2. The lowest BCUT2D eigenvalue weighted by atomic mass is 9.86. The number of halogens is 1. The number of hydrogen-bond acceptors (Lipinski definition) is 6. The number of aliphatic hydroxyl groups excluding tert-OH is 1. The molecule has 1 atom stereocenters. The number of carboxylic acids is 1. The molecule has 7 nitrogen and oxygen atoms in total. The fraction of sp³-hybridized carbons (Fsp3) is 0.0882. The smallest absolute Gasteiger partial charge is 0.303 e. The summed E-state index contributed by atoms with van der Waals surface area (Å²) in [5.41, 5.74) is 2.56. The normalized spacial score (nSPS) is 12.1. The largest absolute Gasteiger partial charge is 0.506 e. The Kier molecular flexibility index (Phi) is 6.98. The van der Waals surface area contributed by atoms with Gasteiger partial charge in [0.25, 0.3) is 0 Å². The molecule has 4 aromatic carbocycles. The molecule has 0 radical (unpaired) electrons. The van der Waals surface area contributed by atoms with Crippen LogP contribution in [0.2, 0.25) is 5.02 Å². The number of carbonyl (C=O) groups is 2. The van der Waals surface area contributed by atoms with E-state index < -0.39 is 17.9 Å². The van der Waals surface area contributed by atoms with E-state index in [4.69, 9.17) is 16.0 Å². The summed E-state index contributed by atoms with van der Waals surface area (Å²) in [6.45, 7) is 0. The molecule has 1 aliphatic heterocycles. The summed E-state index contributed by atoms with van der Waals surface area (Å²) < 4.78 is 6.30. The van der Waals surface area contributed by atoms with Crippen LogP contribution in [-0.4, -0.2) is 27.1 Å². The first-order valence-corrected chi connectivity index (χ1v) is 13.5. The molecule has 0 bridgehead atoms. The number of phenols is 1. The number of aliphatic carboxylic acids is 1. The first-order chi connectivity index (χ1) is 20.2. The fourth-order valence-electron chi connectivity index (χ4n) is 5.33. The molecule has 208 valence electrons. The number of aromatic hydroxyl groups is 1. The van der Waals surface area contributed by atoms with E-state index in [2.05, 4.69) is 0 Å². The highest BCUT2D eigenvalue weighted by molar-refractivity contribution is 6.33. The molecule has 0 spiro atoms. The van der Waals surface area contributed by atoms with E-state index >= 15 is 0 Å². The van der Waals surface area contributed by atoms with Crippen LogP contribution in [0.4, 0.5) is 0 Å². The minimum atomic E-state index is -1.42. The monoisotopic (exact) mass is 578 g/mol. The summed E-state index contributed by atoms with van der Waals surface area (Å²) in [6.07, 6.45) is -1.63. The van der Waals surface area contributed by atoms with Crippen LogP contribution in [0.25, 0.3) is 44.2 Å². The highest BCUT2D eigenvalue weighted by atomic mass is 35.5. The molecule has 1 heterocycles. The number of fused-ring (bicyclic) bond motifs is 4. The predicted octanol–water partition coefficient (Wildman–Crippen LogP) is 7.01. The lowest BCUT2D eigenvalue weighted by Crippen LogP contribution is -2.14. The molecule has 0 saturated heterocycles. The van der Waals surface area contributed by atoms with Crippen molar-refractivity contribution in [2.75, 3.05) is 0 Å². The van der Waals surface area contributed by atoms with E-state index in [1.807, 2.05) is 0 Å². The maximum atomic E-state index is 13.8. The minimum Gasteiger partial charge on any atom is -0.506 e. The molecule has 6 rings (SSSR count). The van der Waals surface area contributed by atoms with Crippen LogP contribution in [-0.2, 0) is 11.2 Å². The second-order valence-corrected chi connectivity index (χ2v) is 10.4. The summed E-state index contributed by atoms with van der Waals surface area (Å²) in [7, 11) is 0. The number of hydrogen-bond donors (Lipinski definition) is 3. The third-order valence-corrected chi connectivity index (χ3v) is 7.69. The average molecular weight is 579 g/mol. The zero-order valence-corrected chi connectivity index (χ0v) is 22.8. The van der Waals surface area contributed by atoms with E-state index in [9.17, 15) is 29.7 Å². The Morgan fingerprint density at radius 1 is 0.857 bits per heavy atom. The molecule has 0 fully saturated rings. The highest BCUT2D eigenvalue weighted by Gasteiger charge is 2.27. The zero-order valence-electron chi connectivity index (χ0n) is 22.0. The second kappa shape index (κ2) is 10.8. The molecule has 0 saturated carbocycles. The van der Waals surface area contributed by atoms with Gasteiger partial charge in [-0.15, -0.1) is 0 Å². The molecule has 1 unspecified atom stereocenters. The Bertz CT molecular complexity index is 2050. The topological polar surface area (TPSA) is 125 Å². The Balaban J connectivity index is 1.68. The maximum absolute atomic E-state index is 13.8. The lowest BCUT2D eigenvalue weighted by molar-refractivity contribution is -0.136. The Morgan fingerprint density at radius 3 is 2.36 bits per heavy atom. The van der Waals surface area contributed by atoms with E-state index in [1.54, 1.807) is 78.9 Å². The lowest BCUT2D eigenvalue weighted by Gasteiger charge is -2.20. The Labute approximate surface area is 244 Å². The number of aryl methyl sites for hydroxylation is 1. The van der Waals surface area contributed by atoms with Crippen molar-refractivity contribution in [3.63, 3.8) is 0 Å². The number of aliphatic hydroxyl groups is 1. The van der Waals surface area contributed by atoms with Gasteiger partial charge < -0.3 is 19.7 Å².